The first-order chi connectivity index (χ1) is 9.49. The molecule has 2 aromatic rings. The summed E-state index contributed by atoms with van der Waals surface area (Å²) in [6.45, 7) is 1.89. The molecule has 2 rings (SSSR count). The van der Waals surface area contributed by atoms with Gasteiger partial charge in [-0.3, -0.25) is 10.1 Å². The smallest absolute Gasteiger partial charge is 0.273 e. The average Bonchev–Trinajstić information content (AvgIpc) is 2.40. The van der Waals surface area contributed by atoms with Gasteiger partial charge in [-0.1, -0.05) is 12.1 Å². The van der Waals surface area contributed by atoms with Crippen LogP contribution in [-0.2, 0) is 5.75 Å². The van der Waals surface area contributed by atoms with Gasteiger partial charge in [0.2, 0.25) is 0 Å². The minimum Gasteiger partial charge on any atom is -0.398 e. The van der Waals surface area contributed by atoms with Crippen LogP contribution in [0.3, 0.4) is 0 Å². The second-order valence-corrected chi connectivity index (χ2v) is 5.32. The highest BCUT2D eigenvalue weighted by Crippen LogP contribution is 2.32. The van der Waals surface area contributed by atoms with Crippen molar-refractivity contribution in [2.75, 3.05) is 5.73 Å². The minimum absolute atomic E-state index is 0.0786. The van der Waals surface area contributed by atoms with Crippen LogP contribution in [0.2, 0.25) is 0 Å². The zero-order valence-electron chi connectivity index (χ0n) is 10.8. The van der Waals surface area contributed by atoms with Gasteiger partial charge in [0.15, 0.2) is 0 Å². The van der Waals surface area contributed by atoms with Gasteiger partial charge in [0.05, 0.1) is 4.92 Å². The third-order valence-corrected chi connectivity index (χ3v) is 4.03. The predicted molar refractivity (Wildman–Crippen MR) is 78.2 cm³/mol. The van der Waals surface area contributed by atoms with E-state index in [0.717, 1.165) is 16.5 Å². The number of thioether (sulfide) groups is 1. The van der Waals surface area contributed by atoms with Crippen molar-refractivity contribution in [1.29, 1.82) is 0 Å². The first-order valence-electron chi connectivity index (χ1n) is 5.89. The number of nitro benzene ring substituents is 1. The fourth-order valence-corrected chi connectivity index (χ4v) is 2.82. The molecule has 0 fully saturated rings. The van der Waals surface area contributed by atoms with Crippen molar-refractivity contribution in [2.45, 2.75) is 17.6 Å². The number of para-hydroxylation sites is 1. The molecule has 0 spiro atoms. The summed E-state index contributed by atoms with van der Waals surface area (Å²) in [7, 11) is 0. The highest BCUT2D eigenvalue weighted by Gasteiger charge is 2.15. The number of hydrogen-bond donors (Lipinski definition) is 1. The Hall–Kier alpha value is -2.08. The maximum atomic E-state index is 13.2. The fourth-order valence-electron chi connectivity index (χ4n) is 1.78. The van der Waals surface area contributed by atoms with Crippen LogP contribution in [0.1, 0.15) is 11.1 Å². The molecule has 0 saturated heterocycles. The van der Waals surface area contributed by atoms with Gasteiger partial charge in [-0.15, -0.1) is 11.8 Å². The Labute approximate surface area is 119 Å². The van der Waals surface area contributed by atoms with Crippen LogP contribution in [-0.4, -0.2) is 4.92 Å². The Bertz CT molecular complexity index is 662. The zero-order chi connectivity index (χ0) is 14.7. The molecule has 2 N–H and O–H groups in total. The molecule has 0 atom stereocenters. The quantitative estimate of drug-likeness (QED) is 0.401. The van der Waals surface area contributed by atoms with Gasteiger partial charge >= 0.3 is 0 Å². The summed E-state index contributed by atoms with van der Waals surface area (Å²) in [5.41, 5.74) is 7.81. The van der Waals surface area contributed by atoms with E-state index in [1.54, 1.807) is 0 Å². The van der Waals surface area contributed by atoms with E-state index in [2.05, 4.69) is 0 Å². The van der Waals surface area contributed by atoms with Crippen molar-refractivity contribution in [2.24, 2.45) is 0 Å². The number of rotatable bonds is 4. The summed E-state index contributed by atoms with van der Waals surface area (Å²) >= 11 is 1.36. The number of nitrogen functional groups attached to an aromatic ring is 1. The first-order valence-corrected chi connectivity index (χ1v) is 6.88. The summed E-state index contributed by atoms with van der Waals surface area (Å²) in [5.74, 6) is -0.190. The molecule has 0 aliphatic heterocycles. The summed E-state index contributed by atoms with van der Waals surface area (Å²) < 4.78 is 13.2. The molecule has 0 bridgehead atoms. The molecule has 6 heteroatoms. The van der Waals surface area contributed by atoms with Crippen LogP contribution in [0.4, 0.5) is 15.8 Å². The van der Waals surface area contributed by atoms with Crippen molar-refractivity contribution >= 4 is 23.1 Å². The molecule has 2 aromatic carbocycles. The van der Waals surface area contributed by atoms with Gasteiger partial charge in [0.1, 0.15) is 5.82 Å². The molecule has 0 saturated carbocycles. The fraction of sp³-hybridized carbons (Fsp3) is 0.143. The van der Waals surface area contributed by atoms with Crippen molar-refractivity contribution < 1.29 is 9.31 Å². The second-order valence-electron chi connectivity index (χ2n) is 4.31. The molecule has 0 radical (unpaired) electrons. The molecule has 0 aliphatic carbocycles. The Morgan fingerprint density at radius 2 is 2.10 bits per heavy atom. The number of halogens is 1. The Balaban J connectivity index is 2.24. The number of anilines is 1. The second kappa shape index (κ2) is 5.92. The normalized spacial score (nSPS) is 10.5. The van der Waals surface area contributed by atoms with Crippen molar-refractivity contribution in [3.05, 3.63) is 63.5 Å². The predicted octanol–water partition coefficient (Wildman–Crippen LogP) is 3.92. The lowest BCUT2D eigenvalue weighted by Crippen LogP contribution is -1.96. The van der Waals surface area contributed by atoms with Gasteiger partial charge < -0.3 is 5.73 Å². The molecule has 4 nitrogen and oxygen atoms in total. The summed E-state index contributed by atoms with van der Waals surface area (Å²) in [6, 6.07) is 9.07. The van der Waals surface area contributed by atoms with Gasteiger partial charge in [-0.05, 0) is 30.7 Å². The van der Waals surface area contributed by atoms with Crippen LogP contribution in [0.5, 0.6) is 0 Å². The Kier molecular flexibility index (Phi) is 4.24. The molecule has 0 aliphatic rings. The van der Waals surface area contributed by atoms with E-state index in [0.29, 0.717) is 17.0 Å². The van der Waals surface area contributed by atoms with E-state index in [1.165, 1.54) is 23.9 Å². The maximum absolute atomic E-state index is 13.2. The third kappa shape index (κ3) is 3.08. The van der Waals surface area contributed by atoms with E-state index in [4.69, 9.17) is 5.73 Å². The molecule has 0 aromatic heterocycles. The molecular weight excluding hydrogens is 279 g/mol. The van der Waals surface area contributed by atoms with E-state index in [9.17, 15) is 14.5 Å². The van der Waals surface area contributed by atoms with Gasteiger partial charge in [0, 0.05) is 28.0 Å². The number of aryl methyl sites for hydroxylation is 1. The molecule has 0 unspecified atom stereocenters. The van der Waals surface area contributed by atoms with Crippen LogP contribution in [0.15, 0.2) is 41.3 Å². The number of hydrogen-bond acceptors (Lipinski definition) is 4. The number of nitrogens with two attached hydrogens (primary N) is 1. The highest BCUT2D eigenvalue weighted by molar-refractivity contribution is 7.98. The van der Waals surface area contributed by atoms with Crippen LogP contribution in [0, 0.1) is 22.9 Å². The molecule has 0 heterocycles. The minimum atomic E-state index is -0.505. The molecular formula is C14H13FN2O2S. The van der Waals surface area contributed by atoms with Crippen LogP contribution < -0.4 is 5.73 Å². The number of nitrogens with zero attached hydrogens (tertiary/aromatic N) is 1. The topological polar surface area (TPSA) is 69.2 Å². The van der Waals surface area contributed by atoms with Gasteiger partial charge in [-0.2, -0.15) is 0 Å². The Morgan fingerprint density at radius 3 is 2.80 bits per heavy atom. The zero-order valence-corrected chi connectivity index (χ0v) is 11.6. The van der Waals surface area contributed by atoms with Crippen LogP contribution in [0.25, 0.3) is 0 Å². The lowest BCUT2D eigenvalue weighted by molar-refractivity contribution is -0.385. The SMILES string of the molecule is Cc1cccc(SCc2cc(F)ccc2[N+](=O)[O-])c1N. The lowest BCUT2D eigenvalue weighted by atomic mass is 10.2. The first kappa shape index (κ1) is 14.3. The monoisotopic (exact) mass is 292 g/mol. The van der Waals surface area contributed by atoms with E-state index in [1.807, 2.05) is 25.1 Å². The van der Waals surface area contributed by atoms with E-state index >= 15 is 0 Å². The largest absolute Gasteiger partial charge is 0.398 e. The van der Waals surface area contributed by atoms with Crippen molar-refractivity contribution in [1.82, 2.24) is 0 Å². The average molecular weight is 292 g/mol. The third-order valence-electron chi connectivity index (χ3n) is 2.91. The van der Waals surface area contributed by atoms with Gasteiger partial charge in [-0.25, -0.2) is 4.39 Å². The standard InChI is InChI=1S/C14H13FN2O2S/c1-9-3-2-4-13(14(9)16)20-8-10-7-11(15)5-6-12(10)17(18)19/h2-7H,8,16H2,1H3. The highest BCUT2D eigenvalue weighted by atomic mass is 32.2. The molecule has 104 valence electrons. The Morgan fingerprint density at radius 1 is 1.35 bits per heavy atom. The van der Waals surface area contributed by atoms with E-state index in [-0.39, 0.29) is 5.69 Å². The van der Waals surface area contributed by atoms with Crippen LogP contribution >= 0.6 is 11.8 Å². The summed E-state index contributed by atoms with van der Waals surface area (Å²) in [4.78, 5) is 11.2. The number of benzene rings is 2. The maximum Gasteiger partial charge on any atom is 0.273 e. The van der Waals surface area contributed by atoms with Crippen molar-refractivity contribution in [3.63, 3.8) is 0 Å². The van der Waals surface area contributed by atoms with Gasteiger partial charge in [0.25, 0.3) is 5.69 Å². The lowest BCUT2D eigenvalue weighted by Gasteiger charge is -2.08. The van der Waals surface area contributed by atoms with E-state index < -0.39 is 10.7 Å². The molecule has 0 amide bonds. The summed E-state index contributed by atoms with van der Waals surface area (Å²) in [5, 5.41) is 10.9. The number of nitro groups is 1. The molecule has 20 heavy (non-hydrogen) atoms. The van der Waals surface area contributed by atoms with Crippen molar-refractivity contribution in [3.8, 4) is 0 Å². The summed E-state index contributed by atoms with van der Waals surface area (Å²) in [6.07, 6.45) is 0.